The number of nitrogens with one attached hydrogen (secondary N) is 1. The average molecular weight is 405 g/mol. The largest absolute Gasteiger partial charge is 0.325 e. The van der Waals surface area contributed by atoms with Crippen LogP contribution in [0, 0.1) is 5.82 Å². The van der Waals surface area contributed by atoms with E-state index < -0.39 is 5.82 Å². The maximum Gasteiger partial charge on any atom is 0.266 e. The van der Waals surface area contributed by atoms with E-state index in [1.165, 1.54) is 22.8 Å². The van der Waals surface area contributed by atoms with Crippen molar-refractivity contribution < 1.29 is 9.18 Å². The summed E-state index contributed by atoms with van der Waals surface area (Å²) in [5.74, 6) is -0.721. The third-order valence-electron chi connectivity index (χ3n) is 4.20. The molecule has 4 aromatic rings. The minimum Gasteiger partial charge on any atom is -0.325 e. The fourth-order valence-corrected chi connectivity index (χ4v) is 3.72. The third-order valence-corrected chi connectivity index (χ3v) is 5.14. The molecule has 1 amide bonds. The van der Waals surface area contributed by atoms with Gasteiger partial charge in [0.25, 0.3) is 5.56 Å². The van der Waals surface area contributed by atoms with Gasteiger partial charge in [-0.25, -0.2) is 9.37 Å². The second kappa shape index (κ2) is 8.28. The summed E-state index contributed by atoms with van der Waals surface area (Å²) in [6.07, 6.45) is 0. The Morgan fingerprint density at radius 3 is 2.55 bits per heavy atom. The first kappa shape index (κ1) is 18.9. The number of nitrogens with zero attached hydrogens (tertiary/aromatic N) is 2. The number of anilines is 1. The highest BCUT2D eigenvalue weighted by atomic mass is 32.2. The monoisotopic (exact) mass is 405 g/mol. The van der Waals surface area contributed by atoms with Gasteiger partial charge in [0.2, 0.25) is 5.91 Å². The molecule has 0 unspecified atom stereocenters. The smallest absolute Gasteiger partial charge is 0.266 e. The maximum atomic E-state index is 13.3. The van der Waals surface area contributed by atoms with Gasteiger partial charge in [0.1, 0.15) is 5.82 Å². The van der Waals surface area contributed by atoms with Crippen molar-refractivity contribution in [1.29, 1.82) is 0 Å². The highest BCUT2D eigenvalue weighted by Crippen LogP contribution is 2.21. The fraction of sp³-hybridized carbons (Fsp3) is 0.0455. The number of benzene rings is 3. The Morgan fingerprint density at radius 1 is 1.00 bits per heavy atom. The van der Waals surface area contributed by atoms with Crippen molar-refractivity contribution in [3.63, 3.8) is 0 Å². The lowest BCUT2D eigenvalue weighted by molar-refractivity contribution is -0.113. The Balaban J connectivity index is 1.66. The summed E-state index contributed by atoms with van der Waals surface area (Å²) < 4.78 is 14.8. The van der Waals surface area contributed by atoms with Crippen LogP contribution < -0.4 is 10.9 Å². The Hall–Kier alpha value is -3.45. The van der Waals surface area contributed by atoms with E-state index in [1.807, 2.05) is 36.4 Å². The molecule has 0 fully saturated rings. The van der Waals surface area contributed by atoms with Crippen LogP contribution in [0.5, 0.6) is 0 Å². The normalized spacial score (nSPS) is 10.8. The van der Waals surface area contributed by atoms with Crippen LogP contribution in [0.4, 0.5) is 10.1 Å². The Kier molecular flexibility index (Phi) is 5.39. The van der Waals surface area contributed by atoms with Crippen LogP contribution in [0.25, 0.3) is 16.6 Å². The summed E-state index contributed by atoms with van der Waals surface area (Å²) in [5.41, 5.74) is 1.42. The molecular weight excluding hydrogens is 389 g/mol. The predicted molar refractivity (Wildman–Crippen MR) is 113 cm³/mol. The molecule has 1 aromatic heterocycles. The summed E-state index contributed by atoms with van der Waals surface area (Å²) in [7, 11) is 0. The number of rotatable bonds is 5. The fourth-order valence-electron chi connectivity index (χ4n) is 2.91. The number of carbonyl (C=O) groups is 1. The first-order valence-corrected chi connectivity index (χ1v) is 9.86. The first-order valence-electron chi connectivity index (χ1n) is 8.87. The molecule has 3 aromatic carbocycles. The first-order chi connectivity index (χ1) is 14.1. The van der Waals surface area contributed by atoms with E-state index in [0.29, 0.717) is 27.4 Å². The van der Waals surface area contributed by atoms with Crippen molar-refractivity contribution in [2.24, 2.45) is 0 Å². The van der Waals surface area contributed by atoms with Crippen molar-refractivity contribution in [3.05, 3.63) is 95.0 Å². The van der Waals surface area contributed by atoms with Crippen molar-refractivity contribution in [3.8, 4) is 5.69 Å². The second-order valence-electron chi connectivity index (χ2n) is 6.23. The van der Waals surface area contributed by atoms with Crippen molar-refractivity contribution >= 4 is 34.3 Å². The van der Waals surface area contributed by atoms with Crippen LogP contribution in [0.3, 0.4) is 0 Å². The number of hydrogen-bond donors (Lipinski definition) is 1. The molecule has 0 atom stereocenters. The van der Waals surface area contributed by atoms with Crippen molar-refractivity contribution in [2.75, 3.05) is 11.1 Å². The van der Waals surface area contributed by atoms with Gasteiger partial charge in [-0.15, -0.1) is 0 Å². The Morgan fingerprint density at radius 2 is 1.76 bits per heavy atom. The molecule has 144 valence electrons. The molecule has 0 aliphatic rings. The molecule has 0 saturated heterocycles. The van der Waals surface area contributed by atoms with Gasteiger partial charge in [-0.1, -0.05) is 48.2 Å². The summed E-state index contributed by atoms with van der Waals surface area (Å²) >= 11 is 1.15. The van der Waals surface area contributed by atoms with Gasteiger partial charge in [-0.2, -0.15) is 0 Å². The van der Waals surface area contributed by atoms with Crippen molar-refractivity contribution in [1.82, 2.24) is 9.55 Å². The molecule has 0 aliphatic carbocycles. The van der Waals surface area contributed by atoms with E-state index in [2.05, 4.69) is 10.3 Å². The molecule has 4 rings (SSSR count). The highest BCUT2D eigenvalue weighted by Gasteiger charge is 2.14. The van der Waals surface area contributed by atoms with E-state index in [1.54, 1.807) is 24.3 Å². The second-order valence-corrected chi connectivity index (χ2v) is 7.18. The summed E-state index contributed by atoms with van der Waals surface area (Å²) in [6, 6.07) is 22.0. The van der Waals surface area contributed by atoms with Gasteiger partial charge in [0.15, 0.2) is 5.16 Å². The number of halogens is 1. The van der Waals surface area contributed by atoms with Gasteiger partial charge in [0, 0.05) is 5.69 Å². The maximum absolute atomic E-state index is 13.3. The van der Waals surface area contributed by atoms with Gasteiger partial charge in [-0.05, 0) is 42.5 Å². The average Bonchev–Trinajstić information content (AvgIpc) is 2.73. The summed E-state index contributed by atoms with van der Waals surface area (Å²) in [4.78, 5) is 30.0. The van der Waals surface area contributed by atoms with Crippen LogP contribution in [0.15, 0.2) is 88.8 Å². The van der Waals surface area contributed by atoms with Gasteiger partial charge in [0.05, 0.1) is 22.3 Å². The lowest BCUT2D eigenvalue weighted by Crippen LogP contribution is -2.22. The lowest BCUT2D eigenvalue weighted by Gasteiger charge is -2.13. The molecule has 0 radical (unpaired) electrons. The molecule has 5 nitrogen and oxygen atoms in total. The van der Waals surface area contributed by atoms with Crippen LogP contribution in [0.1, 0.15) is 0 Å². The SMILES string of the molecule is O=C(CSc1nc2ccccc2c(=O)n1-c1ccccc1)Nc1cccc(F)c1. The van der Waals surface area contributed by atoms with Gasteiger partial charge in [-0.3, -0.25) is 14.2 Å². The van der Waals surface area contributed by atoms with Gasteiger partial charge >= 0.3 is 0 Å². The van der Waals surface area contributed by atoms with Gasteiger partial charge < -0.3 is 5.32 Å². The molecule has 7 heteroatoms. The zero-order valence-electron chi connectivity index (χ0n) is 15.2. The number of thioether (sulfide) groups is 1. The van der Waals surface area contributed by atoms with Crippen LogP contribution in [-0.2, 0) is 4.79 Å². The minimum atomic E-state index is -0.426. The lowest BCUT2D eigenvalue weighted by atomic mass is 10.2. The zero-order chi connectivity index (χ0) is 20.2. The van der Waals surface area contributed by atoms with Crippen LogP contribution in [0.2, 0.25) is 0 Å². The molecule has 0 spiro atoms. The van der Waals surface area contributed by atoms with Crippen molar-refractivity contribution in [2.45, 2.75) is 5.16 Å². The molecule has 0 aliphatic heterocycles. The van der Waals surface area contributed by atoms with E-state index in [4.69, 9.17) is 0 Å². The van der Waals surface area contributed by atoms with Crippen LogP contribution in [-0.4, -0.2) is 21.2 Å². The van der Waals surface area contributed by atoms with Crippen LogP contribution >= 0.6 is 11.8 Å². The van der Waals surface area contributed by atoms with E-state index in [-0.39, 0.29) is 17.2 Å². The number of hydrogen-bond acceptors (Lipinski definition) is 4. The molecule has 1 heterocycles. The third kappa shape index (κ3) is 4.20. The molecule has 0 saturated carbocycles. The standard InChI is InChI=1S/C22H16FN3O2S/c23-15-7-6-8-16(13-15)24-20(27)14-29-22-25-19-12-5-4-11-18(19)21(28)26(22)17-9-2-1-3-10-17/h1-13H,14H2,(H,24,27). The number of fused-ring (bicyclic) bond motifs is 1. The highest BCUT2D eigenvalue weighted by molar-refractivity contribution is 7.99. The summed E-state index contributed by atoms with van der Waals surface area (Å²) in [6.45, 7) is 0. The topological polar surface area (TPSA) is 64.0 Å². The van der Waals surface area contributed by atoms with E-state index in [0.717, 1.165) is 11.8 Å². The van der Waals surface area contributed by atoms with E-state index in [9.17, 15) is 14.0 Å². The molecular formula is C22H16FN3O2S. The molecule has 29 heavy (non-hydrogen) atoms. The number of aromatic nitrogens is 2. The minimum absolute atomic E-state index is 0.0220. The predicted octanol–water partition coefficient (Wildman–Crippen LogP) is 4.26. The Bertz CT molecular complexity index is 1240. The Labute approximate surface area is 170 Å². The van der Waals surface area contributed by atoms with E-state index >= 15 is 0 Å². The number of para-hydroxylation sites is 2. The molecule has 1 N–H and O–H groups in total. The summed E-state index contributed by atoms with van der Waals surface area (Å²) in [5, 5.41) is 3.57. The number of amides is 1. The number of carbonyl (C=O) groups excluding carboxylic acids is 1. The zero-order valence-corrected chi connectivity index (χ0v) is 16.0. The molecule has 0 bridgehead atoms. The quantitative estimate of drug-likeness (QED) is 0.398.